The molecule has 0 bridgehead atoms. The summed E-state index contributed by atoms with van der Waals surface area (Å²) in [6.45, 7) is 1.92. The number of hydrogen-bond acceptors (Lipinski definition) is 5. The molecule has 2 atom stereocenters. The average molecular weight is 374 g/mol. The molecule has 0 spiro atoms. The van der Waals surface area contributed by atoms with E-state index in [1.807, 2.05) is 26.1 Å². The van der Waals surface area contributed by atoms with Crippen molar-refractivity contribution in [2.24, 2.45) is 12.8 Å². The zero-order valence-corrected chi connectivity index (χ0v) is 16.2. The third-order valence-electron chi connectivity index (χ3n) is 5.53. The highest BCUT2D eigenvalue weighted by Gasteiger charge is 2.40. The lowest BCUT2D eigenvalue weighted by atomic mass is 9.92. The van der Waals surface area contributed by atoms with Crippen molar-refractivity contribution >= 4 is 23.1 Å². The third kappa shape index (κ3) is 3.84. The van der Waals surface area contributed by atoms with Gasteiger partial charge in [-0.15, -0.1) is 11.3 Å². The van der Waals surface area contributed by atoms with E-state index in [0.29, 0.717) is 24.0 Å². The predicted molar refractivity (Wildman–Crippen MR) is 105 cm³/mol. The van der Waals surface area contributed by atoms with Gasteiger partial charge in [-0.25, -0.2) is 0 Å². The Bertz CT molecular complexity index is 790. The van der Waals surface area contributed by atoms with Crippen molar-refractivity contribution in [1.29, 1.82) is 0 Å². The van der Waals surface area contributed by atoms with E-state index in [4.69, 9.17) is 5.73 Å². The Morgan fingerprint density at radius 3 is 2.77 bits per heavy atom. The van der Waals surface area contributed by atoms with E-state index in [9.17, 15) is 4.79 Å². The zero-order chi connectivity index (χ0) is 18.3. The number of nitrogens with one attached hydrogen (secondary N) is 2. The summed E-state index contributed by atoms with van der Waals surface area (Å²) in [5.74, 6) is 1.21. The Kier molecular flexibility index (Phi) is 4.86. The molecule has 2 unspecified atom stereocenters. The van der Waals surface area contributed by atoms with Gasteiger partial charge in [0.15, 0.2) is 0 Å². The summed E-state index contributed by atoms with van der Waals surface area (Å²) in [6, 6.07) is 5.48. The maximum absolute atomic E-state index is 12.5. The van der Waals surface area contributed by atoms with Gasteiger partial charge in [-0.05, 0) is 56.0 Å². The van der Waals surface area contributed by atoms with Crippen molar-refractivity contribution in [1.82, 2.24) is 15.1 Å². The highest BCUT2D eigenvalue weighted by molar-refractivity contribution is 7.12. The molecule has 140 valence electrons. The summed E-state index contributed by atoms with van der Waals surface area (Å²) in [6.07, 6.45) is 5.80. The Morgan fingerprint density at radius 1 is 1.31 bits per heavy atom. The molecule has 2 aliphatic rings. The fraction of sp³-hybridized carbons (Fsp3) is 0.579. The summed E-state index contributed by atoms with van der Waals surface area (Å²) >= 11 is 1.52. The van der Waals surface area contributed by atoms with Gasteiger partial charge in [-0.2, -0.15) is 5.10 Å². The molecule has 6 nitrogen and oxygen atoms in total. The number of carbonyl (C=O) groups is 1. The monoisotopic (exact) mass is 373 g/mol. The van der Waals surface area contributed by atoms with Crippen molar-refractivity contribution in [3.8, 4) is 0 Å². The molecule has 0 aliphatic heterocycles. The maximum atomic E-state index is 12.5. The molecule has 2 fully saturated rings. The number of aromatic nitrogens is 2. The molecular formula is C19H27N5OS. The van der Waals surface area contributed by atoms with Crippen LogP contribution in [0, 0.1) is 6.92 Å². The van der Waals surface area contributed by atoms with Gasteiger partial charge >= 0.3 is 0 Å². The van der Waals surface area contributed by atoms with Crippen molar-refractivity contribution in [3.63, 3.8) is 0 Å². The molecule has 4 rings (SSSR count). The molecule has 7 heteroatoms. The maximum Gasteiger partial charge on any atom is 0.266 e. The van der Waals surface area contributed by atoms with Crippen molar-refractivity contribution in [2.75, 3.05) is 5.32 Å². The molecule has 0 aromatic carbocycles. The first kappa shape index (κ1) is 17.7. The summed E-state index contributed by atoms with van der Waals surface area (Å²) in [4.78, 5) is 13.2. The topological polar surface area (TPSA) is 85.0 Å². The second kappa shape index (κ2) is 7.13. The molecule has 0 saturated heterocycles. The number of aryl methyl sites for hydroxylation is 2. The highest BCUT2D eigenvalue weighted by Crippen LogP contribution is 2.43. The summed E-state index contributed by atoms with van der Waals surface area (Å²) in [5.41, 5.74) is 8.17. The van der Waals surface area contributed by atoms with Crippen LogP contribution >= 0.6 is 11.3 Å². The lowest BCUT2D eigenvalue weighted by Gasteiger charge is -2.27. The van der Waals surface area contributed by atoms with Gasteiger partial charge in [0, 0.05) is 37.2 Å². The van der Waals surface area contributed by atoms with Crippen LogP contribution in [0.1, 0.15) is 59.0 Å². The van der Waals surface area contributed by atoms with E-state index >= 15 is 0 Å². The van der Waals surface area contributed by atoms with Gasteiger partial charge < -0.3 is 16.4 Å². The van der Waals surface area contributed by atoms with E-state index in [0.717, 1.165) is 29.2 Å². The Labute approximate surface area is 158 Å². The Morgan fingerprint density at radius 2 is 2.08 bits per heavy atom. The van der Waals surface area contributed by atoms with Gasteiger partial charge in [-0.3, -0.25) is 9.48 Å². The molecule has 2 aromatic heterocycles. The number of anilines is 1. The third-order valence-corrected chi connectivity index (χ3v) is 6.47. The number of rotatable bonds is 5. The summed E-state index contributed by atoms with van der Waals surface area (Å²) < 4.78 is 1.69. The predicted octanol–water partition coefficient (Wildman–Crippen LogP) is 2.76. The van der Waals surface area contributed by atoms with Crippen LogP contribution in [-0.4, -0.2) is 33.8 Å². The summed E-state index contributed by atoms with van der Waals surface area (Å²) in [5, 5.41) is 13.1. The van der Waals surface area contributed by atoms with Crippen LogP contribution in [0.15, 0.2) is 17.5 Å². The van der Waals surface area contributed by atoms with Gasteiger partial charge in [0.05, 0.1) is 10.6 Å². The SMILES string of the molecule is Cc1cc(NC(=O)c2cc(C3CC3NC3CCC(N)CC3)cs2)n(C)n1. The molecule has 2 aromatic rings. The van der Waals surface area contributed by atoms with Crippen LogP contribution in [0.25, 0.3) is 0 Å². The van der Waals surface area contributed by atoms with E-state index in [2.05, 4.69) is 21.1 Å². The van der Waals surface area contributed by atoms with Crippen LogP contribution in [-0.2, 0) is 7.05 Å². The number of carbonyl (C=O) groups excluding carboxylic acids is 1. The second-order valence-corrected chi connectivity index (χ2v) is 8.63. The molecule has 2 saturated carbocycles. The van der Waals surface area contributed by atoms with Gasteiger partial charge in [0.25, 0.3) is 5.91 Å². The van der Waals surface area contributed by atoms with Crippen LogP contribution < -0.4 is 16.4 Å². The Hall–Kier alpha value is -1.70. The molecule has 1 amide bonds. The van der Waals surface area contributed by atoms with Crippen molar-refractivity contribution in [3.05, 3.63) is 33.6 Å². The van der Waals surface area contributed by atoms with Crippen LogP contribution in [0.5, 0.6) is 0 Å². The van der Waals surface area contributed by atoms with E-state index in [1.165, 1.54) is 36.2 Å². The number of nitrogens with zero attached hydrogens (tertiary/aromatic N) is 2. The molecule has 2 aliphatic carbocycles. The van der Waals surface area contributed by atoms with Crippen LogP contribution in [0.3, 0.4) is 0 Å². The molecule has 26 heavy (non-hydrogen) atoms. The largest absolute Gasteiger partial charge is 0.328 e. The smallest absolute Gasteiger partial charge is 0.266 e. The number of thiophene rings is 1. The zero-order valence-electron chi connectivity index (χ0n) is 15.4. The lowest BCUT2D eigenvalue weighted by Crippen LogP contribution is -2.38. The minimum Gasteiger partial charge on any atom is -0.328 e. The van der Waals surface area contributed by atoms with Crippen LogP contribution in [0.2, 0.25) is 0 Å². The van der Waals surface area contributed by atoms with Gasteiger partial charge in [0.1, 0.15) is 5.82 Å². The Balaban J connectivity index is 1.32. The second-order valence-electron chi connectivity index (χ2n) is 7.72. The number of amides is 1. The number of nitrogens with two attached hydrogens (primary N) is 1. The van der Waals surface area contributed by atoms with Gasteiger partial charge in [0.2, 0.25) is 0 Å². The minimum atomic E-state index is -0.0596. The number of hydrogen-bond donors (Lipinski definition) is 3. The standard InChI is InChI=1S/C19H27N5OS/c1-11-7-18(24(2)23-11)22-19(25)17-8-12(10-26-17)15-9-16(15)21-14-5-3-13(20)4-6-14/h7-8,10,13-16,21H,3-6,9,20H2,1-2H3,(H,22,25). The molecular weight excluding hydrogens is 346 g/mol. The van der Waals surface area contributed by atoms with E-state index < -0.39 is 0 Å². The van der Waals surface area contributed by atoms with E-state index in [1.54, 1.807) is 4.68 Å². The first-order valence-corrected chi connectivity index (χ1v) is 10.3. The first-order valence-electron chi connectivity index (χ1n) is 9.41. The van der Waals surface area contributed by atoms with Crippen molar-refractivity contribution < 1.29 is 4.79 Å². The normalized spacial score (nSPS) is 28.1. The van der Waals surface area contributed by atoms with Crippen LogP contribution in [0.4, 0.5) is 5.82 Å². The fourth-order valence-electron chi connectivity index (χ4n) is 3.91. The lowest BCUT2D eigenvalue weighted by molar-refractivity contribution is 0.102. The molecule has 0 radical (unpaired) electrons. The highest BCUT2D eigenvalue weighted by atomic mass is 32.1. The quantitative estimate of drug-likeness (QED) is 0.752. The fourth-order valence-corrected chi connectivity index (χ4v) is 4.77. The van der Waals surface area contributed by atoms with E-state index in [-0.39, 0.29) is 5.91 Å². The average Bonchev–Trinajstić information content (AvgIpc) is 3.04. The molecule has 4 N–H and O–H groups in total. The first-order chi connectivity index (χ1) is 12.5. The minimum absolute atomic E-state index is 0.0596. The van der Waals surface area contributed by atoms with Crippen molar-refractivity contribution in [2.45, 2.75) is 63.1 Å². The summed E-state index contributed by atoms with van der Waals surface area (Å²) in [7, 11) is 1.83. The van der Waals surface area contributed by atoms with Gasteiger partial charge in [-0.1, -0.05) is 0 Å². The molecule has 2 heterocycles.